The van der Waals surface area contributed by atoms with Crippen molar-refractivity contribution in [3.05, 3.63) is 33.7 Å². The summed E-state index contributed by atoms with van der Waals surface area (Å²) in [5.74, 6) is 0.419. The van der Waals surface area contributed by atoms with Crippen molar-refractivity contribution in [3.8, 4) is 0 Å². The van der Waals surface area contributed by atoms with Crippen molar-refractivity contribution in [2.24, 2.45) is 0 Å². The van der Waals surface area contributed by atoms with Crippen LogP contribution in [0.5, 0.6) is 0 Å². The van der Waals surface area contributed by atoms with Gasteiger partial charge in [-0.3, -0.25) is 4.79 Å². The van der Waals surface area contributed by atoms with Crippen molar-refractivity contribution in [3.63, 3.8) is 0 Å². The topological polar surface area (TPSA) is 44.9 Å². The van der Waals surface area contributed by atoms with Gasteiger partial charge in [0.1, 0.15) is 0 Å². The molecule has 1 aliphatic heterocycles. The van der Waals surface area contributed by atoms with Crippen molar-refractivity contribution in [2.45, 2.75) is 19.4 Å². The van der Waals surface area contributed by atoms with E-state index in [0.717, 1.165) is 18.8 Å². The molecule has 0 aliphatic carbocycles. The van der Waals surface area contributed by atoms with Gasteiger partial charge in [-0.25, -0.2) is 0 Å². The van der Waals surface area contributed by atoms with Gasteiger partial charge >= 0.3 is 0 Å². The lowest BCUT2D eigenvalue weighted by Gasteiger charge is -2.22. The van der Waals surface area contributed by atoms with Crippen molar-refractivity contribution in [2.75, 3.05) is 6.54 Å². The molecule has 0 radical (unpaired) electrons. The Hall–Kier alpha value is -0.800. The molecule has 2 rings (SSSR count). The van der Waals surface area contributed by atoms with E-state index in [2.05, 4.69) is 17.2 Å². The number of fused-ring (bicyclic) bond motifs is 1. The molecule has 1 aliphatic rings. The third-order valence-electron chi connectivity index (χ3n) is 2.30. The summed E-state index contributed by atoms with van der Waals surface area (Å²) in [6, 6.07) is 3.48. The zero-order valence-electron chi connectivity index (χ0n) is 7.46. The summed E-state index contributed by atoms with van der Waals surface area (Å²) in [4.78, 5) is 13.9. The quantitative estimate of drug-likeness (QED) is 0.657. The SMILES string of the molecule is CC1CNCc2ccc(=O)[nH]c21.Cl. The Morgan fingerprint density at radius 1 is 1.46 bits per heavy atom. The van der Waals surface area contributed by atoms with Gasteiger partial charge in [0, 0.05) is 30.8 Å². The standard InChI is InChI=1S/C9H12N2O.ClH/c1-6-4-10-5-7-2-3-8(12)11-9(6)7;/h2-3,6,10H,4-5H2,1H3,(H,11,12);1H. The van der Waals surface area contributed by atoms with Crippen LogP contribution in [0.3, 0.4) is 0 Å². The molecule has 2 heterocycles. The number of H-pyrrole nitrogens is 1. The predicted molar refractivity (Wildman–Crippen MR) is 54.4 cm³/mol. The van der Waals surface area contributed by atoms with Gasteiger partial charge in [0.15, 0.2) is 0 Å². The van der Waals surface area contributed by atoms with Gasteiger partial charge in [-0.1, -0.05) is 13.0 Å². The van der Waals surface area contributed by atoms with Crippen molar-refractivity contribution >= 4 is 12.4 Å². The molecule has 1 atom stereocenters. The highest BCUT2D eigenvalue weighted by Crippen LogP contribution is 2.18. The van der Waals surface area contributed by atoms with E-state index >= 15 is 0 Å². The molecule has 0 aromatic carbocycles. The molecule has 1 aromatic heterocycles. The number of aromatic nitrogens is 1. The zero-order valence-corrected chi connectivity index (χ0v) is 8.28. The Labute approximate surface area is 83.0 Å². The normalized spacial score (nSPS) is 20.2. The first kappa shape index (κ1) is 10.3. The lowest BCUT2D eigenvalue weighted by atomic mass is 9.98. The maximum Gasteiger partial charge on any atom is 0.248 e. The summed E-state index contributed by atoms with van der Waals surface area (Å²) in [6.07, 6.45) is 0. The summed E-state index contributed by atoms with van der Waals surface area (Å²) in [5.41, 5.74) is 2.32. The van der Waals surface area contributed by atoms with Crippen molar-refractivity contribution in [1.82, 2.24) is 10.3 Å². The molecule has 0 saturated carbocycles. The first-order valence-corrected chi connectivity index (χ1v) is 4.20. The summed E-state index contributed by atoms with van der Waals surface area (Å²) in [6.45, 7) is 3.93. The second kappa shape index (κ2) is 3.94. The monoisotopic (exact) mass is 200 g/mol. The second-order valence-corrected chi connectivity index (χ2v) is 3.29. The predicted octanol–water partition coefficient (Wildman–Crippen LogP) is 1.00. The second-order valence-electron chi connectivity index (χ2n) is 3.29. The fourth-order valence-electron chi connectivity index (χ4n) is 1.64. The minimum atomic E-state index is 0. The highest BCUT2D eigenvalue weighted by Gasteiger charge is 2.15. The number of pyridine rings is 1. The largest absolute Gasteiger partial charge is 0.326 e. The third kappa shape index (κ3) is 1.92. The summed E-state index contributed by atoms with van der Waals surface area (Å²) in [7, 11) is 0. The van der Waals surface area contributed by atoms with Gasteiger partial charge in [-0.2, -0.15) is 0 Å². The van der Waals surface area contributed by atoms with E-state index in [0.29, 0.717) is 5.92 Å². The Morgan fingerprint density at radius 3 is 3.00 bits per heavy atom. The first-order valence-electron chi connectivity index (χ1n) is 4.20. The van der Waals surface area contributed by atoms with Crippen LogP contribution >= 0.6 is 12.4 Å². The van der Waals surface area contributed by atoms with Gasteiger partial charge in [-0.15, -0.1) is 12.4 Å². The van der Waals surface area contributed by atoms with Crippen LogP contribution in [0.1, 0.15) is 24.1 Å². The fourth-order valence-corrected chi connectivity index (χ4v) is 1.64. The molecule has 0 bridgehead atoms. The third-order valence-corrected chi connectivity index (χ3v) is 2.30. The lowest BCUT2D eigenvalue weighted by molar-refractivity contribution is 0.555. The number of rotatable bonds is 0. The molecule has 0 spiro atoms. The van der Waals surface area contributed by atoms with Crippen LogP contribution in [0.2, 0.25) is 0 Å². The van der Waals surface area contributed by atoms with E-state index in [1.807, 2.05) is 6.07 Å². The molecule has 4 heteroatoms. The maximum atomic E-state index is 11.0. The van der Waals surface area contributed by atoms with Gasteiger partial charge < -0.3 is 10.3 Å². The van der Waals surface area contributed by atoms with Crippen LogP contribution < -0.4 is 10.9 Å². The molecule has 2 N–H and O–H groups in total. The number of nitrogens with one attached hydrogen (secondary N) is 2. The van der Waals surface area contributed by atoms with Crippen LogP contribution in [-0.2, 0) is 6.54 Å². The van der Waals surface area contributed by atoms with Crippen LogP contribution in [0.15, 0.2) is 16.9 Å². The average molecular weight is 201 g/mol. The van der Waals surface area contributed by atoms with E-state index in [-0.39, 0.29) is 18.0 Å². The maximum absolute atomic E-state index is 11.0. The minimum absolute atomic E-state index is 0. The highest BCUT2D eigenvalue weighted by atomic mass is 35.5. The lowest BCUT2D eigenvalue weighted by Crippen LogP contribution is -2.29. The molecule has 0 fully saturated rings. The summed E-state index contributed by atoms with van der Waals surface area (Å²) < 4.78 is 0. The molecular weight excluding hydrogens is 188 g/mol. The molecule has 3 nitrogen and oxygen atoms in total. The van der Waals surface area contributed by atoms with E-state index in [1.165, 1.54) is 5.56 Å². The molecule has 1 aromatic rings. The molecule has 72 valence electrons. The van der Waals surface area contributed by atoms with Crippen molar-refractivity contribution < 1.29 is 0 Å². The number of halogens is 1. The van der Waals surface area contributed by atoms with Crippen molar-refractivity contribution in [1.29, 1.82) is 0 Å². The molecule has 0 saturated heterocycles. The van der Waals surface area contributed by atoms with Crippen LogP contribution in [0, 0.1) is 0 Å². The van der Waals surface area contributed by atoms with Crippen LogP contribution in [0.4, 0.5) is 0 Å². The van der Waals surface area contributed by atoms with E-state index in [9.17, 15) is 4.79 Å². The van der Waals surface area contributed by atoms with Gasteiger partial charge in [0.05, 0.1) is 0 Å². The smallest absolute Gasteiger partial charge is 0.248 e. The number of aromatic amines is 1. The summed E-state index contributed by atoms with van der Waals surface area (Å²) in [5, 5.41) is 3.29. The van der Waals surface area contributed by atoms with E-state index in [4.69, 9.17) is 0 Å². The average Bonchev–Trinajstić information content (AvgIpc) is 2.07. The van der Waals surface area contributed by atoms with E-state index in [1.54, 1.807) is 6.07 Å². The molecule has 13 heavy (non-hydrogen) atoms. The molecule has 0 amide bonds. The summed E-state index contributed by atoms with van der Waals surface area (Å²) >= 11 is 0. The fraction of sp³-hybridized carbons (Fsp3) is 0.444. The van der Waals surface area contributed by atoms with Crippen LogP contribution in [-0.4, -0.2) is 11.5 Å². The molecule has 1 unspecified atom stereocenters. The Bertz CT molecular complexity index is 348. The number of hydrogen-bond acceptors (Lipinski definition) is 2. The minimum Gasteiger partial charge on any atom is -0.326 e. The van der Waals surface area contributed by atoms with Gasteiger partial charge in [-0.05, 0) is 5.56 Å². The molecular formula is C9H13ClN2O. The van der Waals surface area contributed by atoms with Gasteiger partial charge in [0.2, 0.25) is 5.56 Å². The van der Waals surface area contributed by atoms with Crippen LogP contribution in [0.25, 0.3) is 0 Å². The first-order chi connectivity index (χ1) is 5.77. The van der Waals surface area contributed by atoms with Gasteiger partial charge in [0.25, 0.3) is 0 Å². The Kier molecular flexibility index (Phi) is 3.12. The highest BCUT2D eigenvalue weighted by molar-refractivity contribution is 5.85. The zero-order chi connectivity index (χ0) is 8.55. The number of hydrogen-bond donors (Lipinski definition) is 2. The van der Waals surface area contributed by atoms with E-state index < -0.39 is 0 Å². The Morgan fingerprint density at radius 2 is 2.23 bits per heavy atom. The Balaban J connectivity index is 0.000000845.